The van der Waals surface area contributed by atoms with E-state index in [1.165, 1.54) is 71.4 Å². The summed E-state index contributed by atoms with van der Waals surface area (Å²) < 4.78 is 2.54. The van der Waals surface area contributed by atoms with E-state index < -0.39 is 5.97 Å². The summed E-state index contributed by atoms with van der Waals surface area (Å²) in [7, 11) is 0. The van der Waals surface area contributed by atoms with E-state index in [0.29, 0.717) is 12.0 Å². The summed E-state index contributed by atoms with van der Waals surface area (Å²) in [6.07, 6.45) is 7.17. The molecule has 0 bridgehead atoms. The van der Waals surface area contributed by atoms with Crippen LogP contribution < -0.4 is 16.2 Å². The molecule has 2 rings (SSSR count). The number of allylic oxidation sites excluding steroid dienone is 1. The molecule has 0 unspecified atom stereocenters. The molecule has 0 aliphatic carbocycles. The summed E-state index contributed by atoms with van der Waals surface area (Å²) in [5.41, 5.74) is 5.55. The molecule has 2 heterocycles. The van der Waals surface area contributed by atoms with Crippen molar-refractivity contribution in [1.29, 1.82) is 0 Å². The maximum absolute atomic E-state index is 11.6. The predicted molar refractivity (Wildman–Crippen MR) is 122 cm³/mol. The van der Waals surface area contributed by atoms with E-state index >= 15 is 0 Å². The number of nitrogens with zero attached hydrogens (tertiary/aromatic N) is 1. The highest BCUT2D eigenvalue weighted by atomic mass is 16.4. The van der Waals surface area contributed by atoms with Gasteiger partial charge in [0.05, 0.1) is 25.6 Å². The third kappa shape index (κ3) is 14.3. The van der Waals surface area contributed by atoms with Crippen LogP contribution in [0, 0.1) is 5.41 Å². The number of rotatable bonds is 3. The summed E-state index contributed by atoms with van der Waals surface area (Å²) in [4.78, 5) is 22.0. The normalized spacial score (nSPS) is 17.6. The summed E-state index contributed by atoms with van der Waals surface area (Å²) in [5, 5.41) is 14.0. The second-order valence-corrected chi connectivity index (χ2v) is 10.6. The molecule has 0 saturated heterocycles. The van der Waals surface area contributed by atoms with Crippen LogP contribution in [0.5, 0.6) is 0 Å². The quantitative estimate of drug-likeness (QED) is 0.537. The average Bonchev–Trinajstić information content (AvgIpc) is 2.83. The van der Waals surface area contributed by atoms with Gasteiger partial charge in [0.1, 0.15) is 0 Å². The first-order chi connectivity index (χ1) is 13.6. The molecule has 0 aromatic heterocycles. The number of Topliss-reactive ketones (excluding diaryl/α,β-unsaturated/α-hetero) is 1. The zero-order valence-corrected chi connectivity index (χ0v) is 20.6. The molecule has 6 nitrogen and oxygen atoms in total. The Labute approximate surface area is 184 Å². The fraction of sp³-hybridized carbons (Fsp3) is 0.792. The molecule has 0 radical (unpaired) electrons. The molecular formula is C24H45N3O3. The van der Waals surface area contributed by atoms with Crippen LogP contribution in [0.4, 0.5) is 0 Å². The van der Waals surface area contributed by atoms with Crippen molar-refractivity contribution >= 4 is 17.6 Å². The summed E-state index contributed by atoms with van der Waals surface area (Å²) in [5.74, 6) is 0.123. The molecule has 0 atom stereocenters. The van der Waals surface area contributed by atoms with E-state index in [4.69, 9.17) is 5.73 Å². The minimum absolute atomic E-state index is 0. The molecule has 0 aromatic rings. The molecule has 3 N–H and O–H groups in total. The molecule has 6 heteroatoms. The van der Waals surface area contributed by atoms with Crippen molar-refractivity contribution in [2.24, 2.45) is 11.1 Å². The van der Waals surface area contributed by atoms with Crippen LogP contribution in [0.15, 0.2) is 11.1 Å². The number of nitrogens with one attached hydrogen (secondary N) is 1. The Morgan fingerprint density at radius 2 is 1.50 bits per heavy atom. The van der Waals surface area contributed by atoms with Gasteiger partial charge >= 0.3 is 0 Å². The lowest BCUT2D eigenvalue weighted by Crippen LogP contribution is -2.40. The number of carbonyl (C=O) groups excluding carboxylic acids is 2. The Kier molecular flexibility index (Phi) is 12.2. The van der Waals surface area contributed by atoms with Crippen molar-refractivity contribution in [2.45, 2.75) is 99.5 Å². The van der Waals surface area contributed by atoms with Crippen molar-refractivity contribution in [1.82, 2.24) is 5.32 Å². The van der Waals surface area contributed by atoms with Crippen LogP contribution in [0.2, 0.25) is 0 Å². The Hall–Kier alpha value is -1.69. The van der Waals surface area contributed by atoms with Gasteiger partial charge in [-0.25, -0.2) is 0 Å². The topological polar surface area (TPSA) is 98.3 Å². The minimum Gasteiger partial charge on any atom is -0.545 e. The minimum atomic E-state index is -1.27. The van der Waals surface area contributed by atoms with Crippen LogP contribution in [0.1, 0.15) is 93.9 Å². The SMILES string of the molecule is C/C(C(=O)[O-])=C(\C)C(=O)CC(C)(C)C.C1CCC2=[N+](CC1)CCCN2.CC(C)(C)N. The highest BCUT2D eigenvalue weighted by molar-refractivity contribution is 6.02. The number of amidine groups is 1. The number of carboxylic acid groups (broad SMARTS) is 1. The fourth-order valence-corrected chi connectivity index (χ4v) is 2.99. The van der Waals surface area contributed by atoms with Gasteiger partial charge in [-0.2, -0.15) is 0 Å². The number of hydrogen-bond acceptors (Lipinski definition) is 5. The molecule has 0 aromatic carbocycles. The van der Waals surface area contributed by atoms with Crippen LogP contribution in [0.25, 0.3) is 0 Å². The van der Waals surface area contributed by atoms with Gasteiger partial charge in [-0.15, -0.1) is 0 Å². The van der Waals surface area contributed by atoms with Crippen LogP contribution in [-0.2, 0) is 9.59 Å². The zero-order valence-electron chi connectivity index (χ0n) is 20.6. The summed E-state index contributed by atoms with van der Waals surface area (Å²) >= 11 is 0. The monoisotopic (exact) mass is 423 g/mol. The third-order valence-corrected chi connectivity index (χ3v) is 4.64. The van der Waals surface area contributed by atoms with Crippen LogP contribution in [-0.4, -0.2) is 47.3 Å². The highest BCUT2D eigenvalue weighted by Crippen LogP contribution is 2.21. The number of carboxylic acids is 1. The average molecular weight is 424 g/mol. The van der Waals surface area contributed by atoms with E-state index in [0.717, 1.165) is 0 Å². The number of carbonyl (C=O) groups is 2. The molecule has 174 valence electrons. The Morgan fingerprint density at radius 3 is 2.00 bits per heavy atom. The van der Waals surface area contributed by atoms with E-state index in [1.54, 1.807) is 0 Å². The lowest BCUT2D eigenvalue weighted by atomic mass is 9.87. The molecule has 30 heavy (non-hydrogen) atoms. The number of nitrogens with two attached hydrogens (primary N) is 1. The molecular weight excluding hydrogens is 378 g/mol. The van der Waals surface area contributed by atoms with Gasteiger partial charge in [0.2, 0.25) is 5.84 Å². The van der Waals surface area contributed by atoms with Gasteiger partial charge in [0.25, 0.3) is 0 Å². The van der Waals surface area contributed by atoms with E-state index in [2.05, 4.69) is 9.89 Å². The zero-order chi connectivity index (χ0) is 23.5. The van der Waals surface area contributed by atoms with Gasteiger partial charge in [-0.1, -0.05) is 20.8 Å². The molecule has 0 amide bonds. The first kappa shape index (κ1) is 28.3. The van der Waals surface area contributed by atoms with E-state index in [9.17, 15) is 14.7 Å². The second-order valence-electron chi connectivity index (χ2n) is 10.6. The maximum Gasteiger partial charge on any atom is 0.244 e. The molecule has 2 aliphatic rings. The van der Waals surface area contributed by atoms with Crippen molar-refractivity contribution < 1.29 is 19.3 Å². The smallest absolute Gasteiger partial charge is 0.244 e. The van der Waals surface area contributed by atoms with Crippen molar-refractivity contribution in [3.8, 4) is 0 Å². The third-order valence-electron chi connectivity index (χ3n) is 4.64. The second kappa shape index (κ2) is 12.9. The highest BCUT2D eigenvalue weighted by Gasteiger charge is 2.20. The molecule has 0 fully saturated rings. The van der Waals surface area contributed by atoms with Crippen LogP contribution in [0.3, 0.4) is 0 Å². The van der Waals surface area contributed by atoms with E-state index in [1.807, 2.05) is 41.5 Å². The predicted octanol–water partition coefficient (Wildman–Crippen LogP) is 2.79. The van der Waals surface area contributed by atoms with Gasteiger partial charge in [0.15, 0.2) is 5.78 Å². The Bertz CT molecular complexity index is 611. The van der Waals surface area contributed by atoms with E-state index in [-0.39, 0.29) is 22.3 Å². The molecule has 0 spiro atoms. The summed E-state index contributed by atoms with van der Waals surface area (Å²) in [6.45, 7) is 18.4. The van der Waals surface area contributed by atoms with Gasteiger partial charge in [0, 0.05) is 24.8 Å². The molecule has 2 aliphatic heterocycles. The first-order valence-corrected chi connectivity index (χ1v) is 11.2. The van der Waals surface area contributed by atoms with Gasteiger partial charge in [-0.3, -0.25) is 14.7 Å². The molecule has 0 saturated carbocycles. The van der Waals surface area contributed by atoms with Gasteiger partial charge in [-0.05, 0) is 70.4 Å². The number of aliphatic carboxylic acids is 1. The van der Waals surface area contributed by atoms with Crippen molar-refractivity contribution in [3.63, 3.8) is 0 Å². The lowest BCUT2D eigenvalue weighted by Gasteiger charge is -2.18. The Balaban J connectivity index is 0.000000465. The fourth-order valence-electron chi connectivity index (χ4n) is 2.99. The van der Waals surface area contributed by atoms with Crippen molar-refractivity contribution in [2.75, 3.05) is 19.6 Å². The van der Waals surface area contributed by atoms with Gasteiger partial charge < -0.3 is 15.6 Å². The Morgan fingerprint density at radius 1 is 0.967 bits per heavy atom. The lowest BCUT2D eigenvalue weighted by molar-refractivity contribution is -0.534. The number of ketones is 1. The summed E-state index contributed by atoms with van der Waals surface area (Å²) in [6, 6.07) is 0. The first-order valence-electron chi connectivity index (χ1n) is 11.2. The van der Waals surface area contributed by atoms with Crippen molar-refractivity contribution in [3.05, 3.63) is 11.1 Å². The largest absolute Gasteiger partial charge is 0.545 e. The van der Waals surface area contributed by atoms with Crippen LogP contribution >= 0.6 is 0 Å². The number of hydrogen-bond donors (Lipinski definition) is 2. The standard InChI is InChI=1S/C11H18O3.C9H16N2.C4H11N/c1-7(8(2)10(13)14)9(12)6-11(3,4)5;1-2-5-9-10-6-4-8-11(9)7-3-1;1-4(2,3)5/h6H2,1-5H3,(H,13,14);1-8H2;5H2,1-3H3/b8-7-;;. The maximum atomic E-state index is 11.6.